The SMILES string of the molecule is Cc1cc(CN2CCN([C@H]3CCCN(C(C)C)C3=O)CC2)on1. The number of hydrogen-bond donors (Lipinski definition) is 0. The second kappa shape index (κ2) is 7.01. The first-order chi connectivity index (χ1) is 11.0. The number of piperazine rings is 1. The van der Waals surface area contributed by atoms with Crippen LogP contribution in [0.4, 0.5) is 0 Å². The van der Waals surface area contributed by atoms with Crippen molar-refractivity contribution in [1.29, 1.82) is 0 Å². The highest BCUT2D eigenvalue weighted by Crippen LogP contribution is 2.21. The summed E-state index contributed by atoms with van der Waals surface area (Å²) in [4.78, 5) is 19.5. The molecule has 2 aliphatic rings. The van der Waals surface area contributed by atoms with Crippen LogP contribution < -0.4 is 0 Å². The topological polar surface area (TPSA) is 52.8 Å². The fraction of sp³-hybridized carbons (Fsp3) is 0.765. The minimum absolute atomic E-state index is 0.0841. The van der Waals surface area contributed by atoms with E-state index in [1.807, 2.05) is 17.9 Å². The number of nitrogens with zero attached hydrogens (tertiary/aromatic N) is 4. The Morgan fingerprint density at radius 3 is 2.61 bits per heavy atom. The molecule has 0 radical (unpaired) electrons. The van der Waals surface area contributed by atoms with Crippen molar-refractivity contribution < 1.29 is 9.32 Å². The highest BCUT2D eigenvalue weighted by Gasteiger charge is 2.35. The predicted molar refractivity (Wildman–Crippen MR) is 88.0 cm³/mol. The normalized spacial score (nSPS) is 24.6. The van der Waals surface area contributed by atoms with E-state index in [0.29, 0.717) is 11.9 Å². The van der Waals surface area contributed by atoms with E-state index < -0.39 is 0 Å². The van der Waals surface area contributed by atoms with Crippen LogP contribution in [0, 0.1) is 6.92 Å². The fourth-order valence-corrected chi connectivity index (χ4v) is 3.68. The number of rotatable bonds is 4. The van der Waals surface area contributed by atoms with Gasteiger partial charge in [-0.05, 0) is 33.6 Å². The maximum absolute atomic E-state index is 12.7. The summed E-state index contributed by atoms with van der Waals surface area (Å²) in [5.41, 5.74) is 0.931. The third-order valence-corrected chi connectivity index (χ3v) is 4.97. The van der Waals surface area contributed by atoms with Gasteiger partial charge >= 0.3 is 0 Å². The van der Waals surface area contributed by atoms with Gasteiger partial charge in [0.2, 0.25) is 5.91 Å². The second-order valence-electron chi connectivity index (χ2n) is 7.03. The third-order valence-electron chi connectivity index (χ3n) is 4.97. The highest BCUT2D eigenvalue weighted by atomic mass is 16.5. The summed E-state index contributed by atoms with van der Waals surface area (Å²) in [6.45, 7) is 11.7. The molecule has 0 aliphatic carbocycles. The van der Waals surface area contributed by atoms with E-state index in [2.05, 4.69) is 28.8 Å². The summed E-state index contributed by atoms with van der Waals surface area (Å²) >= 11 is 0. The first-order valence-corrected chi connectivity index (χ1v) is 8.73. The Balaban J connectivity index is 1.53. The number of carbonyl (C=O) groups is 1. The third kappa shape index (κ3) is 3.75. The number of aryl methyl sites for hydroxylation is 1. The van der Waals surface area contributed by atoms with Crippen molar-refractivity contribution in [2.45, 2.75) is 52.2 Å². The minimum Gasteiger partial charge on any atom is -0.360 e. The molecule has 23 heavy (non-hydrogen) atoms. The lowest BCUT2D eigenvalue weighted by Crippen LogP contribution is -2.58. The van der Waals surface area contributed by atoms with Gasteiger partial charge in [-0.1, -0.05) is 5.16 Å². The quantitative estimate of drug-likeness (QED) is 0.841. The molecule has 3 rings (SSSR count). The standard InChI is InChI=1S/C17H28N4O2/c1-13(2)21-6-4-5-16(17(21)22)20-9-7-19(8-10-20)12-15-11-14(3)18-23-15/h11,13,16H,4-10,12H2,1-3H3/t16-/m0/s1. The van der Waals surface area contributed by atoms with E-state index in [-0.39, 0.29) is 6.04 Å². The van der Waals surface area contributed by atoms with Gasteiger partial charge in [0.15, 0.2) is 5.76 Å². The molecule has 0 unspecified atom stereocenters. The Kier molecular flexibility index (Phi) is 5.02. The van der Waals surface area contributed by atoms with E-state index in [9.17, 15) is 4.79 Å². The number of likely N-dealkylation sites (tertiary alicyclic amines) is 1. The van der Waals surface area contributed by atoms with Gasteiger partial charge in [0.1, 0.15) is 0 Å². The van der Waals surface area contributed by atoms with Crippen LogP contribution in [0.5, 0.6) is 0 Å². The van der Waals surface area contributed by atoms with Crippen LogP contribution in [0.25, 0.3) is 0 Å². The molecule has 128 valence electrons. The highest BCUT2D eigenvalue weighted by molar-refractivity contribution is 5.82. The summed E-state index contributed by atoms with van der Waals surface area (Å²) in [6.07, 6.45) is 2.12. The molecule has 1 amide bonds. The summed E-state index contributed by atoms with van der Waals surface area (Å²) in [6, 6.07) is 2.39. The lowest BCUT2D eigenvalue weighted by Gasteiger charge is -2.43. The fourth-order valence-electron chi connectivity index (χ4n) is 3.68. The molecule has 2 fully saturated rings. The Hall–Kier alpha value is -1.40. The zero-order valence-electron chi connectivity index (χ0n) is 14.5. The van der Waals surface area contributed by atoms with E-state index in [4.69, 9.17) is 4.52 Å². The molecule has 0 N–H and O–H groups in total. The van der Waals surface area contributed by atoms with Crippen LogP contribution in [0.15, 0.2) is 10.6 Å². The van der Waals surface area contributed by atoms with Crippen LogP contribution in [0.1, 0.15) is 38.1 Å². The van der Waals surface area contributed by atoms with E-state index >= 15 is 0 Å². The van der Waals surface area contributed by atoms with Crippen LogP contribution in [-0.2, 0) is 11.3 Å². The summed E-state index contributed by atoms with van der Waals surface area (Å²) < 4.78 is 5.30. The van der Waals surface area contributed by atoms with E-state index in [0.717, 1.165) is 63.6 Å². The molecule has 0 aromatic carbocycles. The van der Waals surface area contributed by atoms with Crippen molar-refractivity contribution >= 4 is 5.91 Å². The molecule has 0 bridgehead atoms. The van der Waals surface area contributed by atoms with Gasteiger partial charge < -0.3 is 9.42 Å². The van der Waals surface area contributed by atoms with Gasteiger partial charge in [-0.2, -0.15) is 0 Å². The number of amides is 1. The lowest BCUT2D eigenvalue weighted by molar-refractivity contribution is -0.143. The monoisotopic (exact) mass is 320 g/mol. The summed E-state index contributed by atoms with van der Waals surface area (Å²) in [7, 11) is 0. The Morgan fingerprint density at radius 1 is 1.26 bits per heavy atom. The summed E-state index contributed by atoms with van der Waals surface area (Å²) in [5, 5.41) is 3.94. The first-order valence-electron chi connectivity index (χ1n) is 8.73. The molecule has 0 spiro atoms. The first kappa shape index (κ1) is 16.5. The molecule has 1 aromatic heterocycles. The van der Waals surface area contributed by atoms with Crippen molar-refractivity contribution in [2.24, 2.45) is 0 Å². The average Bonchev–Trinajstić information content (AvgIpc) is 2.93. The molecule has 2 aliphatic heterocycles. The number of hydrogen-bond acceptors (Lipinski definition) is 5. The maximum atomic E-state index is 12.7. The lowest BCUT2D eigenvalue weighted by atomic mass is 10.0. The molecule has 6 heteroatoms. The van der Waals surface area contributed by atoms with Gasteiger partial charge in [0.25, 0.3) is 0 Å². The summed E-state index contributed by atoms with van der Waals surface area (Å²) in [5.74, 6) is 1.25. The predicted octanol–water partition coefficient (Wildman–Crippen LogP) is 1.50. The Bertz CT molecular complexity index is 534. The number of carbonyl (C=O) groups excluding carboxylic acids is 1. The van der Waals surface area contributed by atoms with Gasteiger partial charge in [0.05, 0.1) is 18.3 Å². The molecule has 1 atom stereocenters. The van der Waals surface area contributed by atoms with Crippen LogP contribution in [-0.4, -0.2) is 70.6 Å². The van der Waals surface area contributed by atoms with Gasteiger partial charge in [0, 0.05) is 44.8 Å². The maximum Gasteiger partial charge on any atom is 0.240 e. The Morgan fingerprint density at radius 2 is 2.00 bits per heavy atom. The van der Waals surface area contributed by atoms with Gasteiger partial charge in [-0.3, -0.25) is 14.6 Å². The van der Waals surface area contributed by atoms with Crippen molar-refractivity contribution in [1.82, 2.24) is 19.9 Å². The zero-order valence-corrected chi connectivity index (χ0v) is 14.5. The molecule has 0 saturated carbocycles. The minimum atomic E-state index is 0.0841. The molecule has 6 nitrogen and oxygen atoms in total. The zero-order chi connectivity index (χ0) is 16.4. The van der Waals surface area contributed by atoms with Crippen molar-refractivity contribution in [3.8, 4) is 0 Å². The smallest absolute Gasteiger partial charge is 0.240 e. The van der Waals surface area contributed by atoms with Gasteiger partial charge in [-0.15, -0.1) is 0 Å². The molecule has 1 aromatic rings. The van der Waals surface area contributed by atoms with Crippen molar-refractivity contribution in [2.75, 3.05) is 32.7 Å². The average molecular weight is 320 g/mol. The van der Waals surface area contributed by atoms with Crippen molar-refractivity contribution in [3.63, 3.8) is 0 Å². The van der Waals surface area contributed by atoms with Crippen LogP contribution in [0.3, 0.4) is 0 Å². The number of piperidine rings is 1. The van der Waals surface area contributed by atoms with E-state index in [1.165, 1.54) is 0 Å². The second-order valence-corrected chi connectivity index (χ2v) is 7.03. The Labute approximate surface area is 138 Å². The largest absolute Gasteiger partial charge is 0.360 e. The number of aromatic nitrogens is 1. The van der Waals surface area contributed by atoms with Gasteiger partial charge in [-0.25, -0.2) is 0 Å². The van der Waals surface area contributed by atoms with Crippen LogP contribution in [0.2, 0.25) is 0 Å². The molecular weight excluding hydrogens is 292 g/mol. The van der Waals surface area contributed by atoms with E-state index in [1.54, 1.807) is 0 Å². The van der Waals surface area contributed by atoms with Crippen LogP contribution >= 0.6 is 0 Å². The molecule has 3 heterocycles. The molecule has 2 saturated heterocycles. The molecular formula is C17H28N4O2. The van der Waals surface area contributed by atoms with Crippen molar-refractivity contribution in [3.05, 3.63) is 17.5 Å².